The number of nitrogens with zero attached hydrogens (tertiary/aromatic N) is 3. The lowest BCUT2D eigenvalue weighted by atomic mass is 10.2. The molecule has 158 valence electrons. The lowest BCUT2D eigenvalue weighted by Gasteiger charge is -2.14. The number of carbonyl (C=O) groups excluding carboxylic acids is 1. The second-order valence-electron chi connectivity index (χ2n) is 6.38. The highest BCUT2D eigenvalue weighted by atomic mass is 35.5. The van der Waals surface area contributed by atoms with Crippen molar-refractivity contribution in [2.75, 3.05) is 19.5 Å². The molecule has 1 atom stereocenters. The molecule has 0 radical (unpaired) electrons. The van der Waals surface area contributed by atoms with E-state index in [1.807, 2.05) is 42.7 Å². The monoisotopic (exact) mass is 446 g/mol. The van der Waals surface area contributed by atoms with Crippen LogP contribution in [-0.4, -0.2) is 40.1 Å². The van der Waals surface area contributed by atoms with Crippen molar-refractivity contribution in [3.63, 3.8) is 0 Å². The van der Waals surface area contributed by atoms with Crippen molar-refractivity contribution >= 4 is 35.0 Å². The summed E-state index contributed by atoms with van der Waals surface area (Å²) in [4.78, 5) is 12.7. The zero-order chi connectivity index (χ0) is 21.7. The van der Waals surface area contributed by atoms with Gasteiger partial charge in [0.15, 0.2) is 22.5 Å². The molecule has 1 heterocycles. The van der Waals surface area contributed by atoms with Crippen molar-refractivity contribution in [2.45, 2.75) is 30.8 Å². The van der Waals surface area contributed by atoms with Crippen molar-refractivity contribution in [3.05, 3.63) is 47.5 Å². The average molecular weight is 447 g/mol. The number of carbonyl (C=O) groups is 1. The van der Waals surface area contributed by atoms with E-state index in [2.05, 4.69) is 15.5 Å². The summed E-state index contributed by atoms with van der Waals surface area (Å²) in [5.41, 5.74) is 1.55. The summed E-state index contributed by atoms with van der Waals surface area (Å²) >= 11 is 7.33. The number of benzene rings is 2. The van der Waals surface area contributed by atoms with E-state index in [4.69, 9.17) is 21.1 Å². The standard InChI is InChI=1S/C21H23ClN4O3S/c1-5-26-19(14-6-8-15(22)9-7-14)24-25-21(26)30-13(2)20(27)23-16-10-11-17(28-3)18(12-16)29-4/h6-13H,5H2,1-4H3,(H,23,27). The minimum absolute atomic E-state index is 0.147. The average Bonchev–Trinajstić information content (AvgIpc) is 3.16. The largest absolute Gasteiger partial charge is 0.493 e. The Morgan fingerprint density at radius 2 is 1.83 bits per heavy atom. The molecule has 0 fully saturated rings. The molecule has 0 saturated carbocycles. The second-order valence-corrected chi connectivity index (χ2v) is 8.12. The van der Waals surface area contributed by atoms with Gasteiger partial charge in [0.2, 0.25) is 5.91 Å². The van der Waals surface area contributed by atoms with Crippen molar-refractivity contribution in [1.29, 1.82) is 0 Å². The van der Waals surface area contributed by atoms with E-state index in [0.29, 0.717) is 33.9 Å². The van der Waals surface area contributed by atoms with Crippen LogP contribution in [0.5, 0.6) is 11.5 Å². The van der Waals surface area contributed by atoms with E-state index >= 15 is 0 Å². The van der Waals surface area contributed by atoms with Crippen LogP contribution in [0.3, 0.4) is 0 Å². The topological polar surface area (TPSA) is 78.3 Å². The maximum absolute atomic E-state index is 12.7. The number of hydrogen-bond acceptors (Lipinski definition) is 6. The third kappa shape index (κ3) is 4.88. The number of thioether (sulfide) groups is 1. The molecule has 0 aliphatic carbocycles. The van der Waals surface area contributed by atoms with Gasteiger partial charge in [-0.1, -0.05) is 23.4 Å². The van der Waals surface area contributed by atoms with Crippen LogP contribution in [-0.2, 0) is 11.3 Å². The van der Waals surface area contributed by atoms with Gasteiger partial charge in [-0.05, 0) is 50.2 Å². The number of aromatic nitrogens is 3. The summed E-state index contributed by atoms with van der Waals surface area (Å²) < 4.78 is 12.5. The van der Waals surface area contributed by atoms with Gasteiger partial charge in [-0.2, -0.15) is 0 Å². The van der Waals surface area contributed by atoms with Crippen LogP contribution in [0.15, 0.2) is 47.6 Å². The summed E-state index contributed by atoms with van der Waals surface area (Å²) in [7, 11) is 3.12. The Morgan fingerprint density at radius 3 is 2.47 bits per heavy atom. The number of anilines is 1. The van der Waals surface area contributed by atoms with Gasteiger partial charge in [-0.3, -0.25) is 4.79 Å². The third-order valence-electron chi connectivity index (χ3n) is 4.44. The minimum Gasteiger partial charge on any atom is -0.493 e. The molecule has 0 bridgehead atoms. The SMILES string of the molecule is CCn1c(SC(C)C(=O)Nc2ccc(OC)c(OC)c2)nnc1-c1ccc(Cl)cc1. The Morgan fingerprint density at radius 1 is 1.13 bits per heavy atom. The highest BCUT2D eigenvalue weighted by molar-refractivity contribution is 8.00. The normalized spacial score (nSPS) is 11.8. The molecule has 1 unspecified atom stereocenters. The first-order valence-electron chi connectivity index (χ1n) is 9.35. The smallest absolute Gasteiger partial charge is 0.237 e. The molecule has 2 aromatic carbocycles. The number of amides is 1. The first-order chi connectivity index (χ1) is 14.5. The molecule has 7 nitrogen and oxygen atoms in total. The van der Waals surface area contributed by atoms with Crippen molar-refractivity contribution in [1.82, 2.24) is 14.8 Å². The predicted octanol–water partition coefficient (Wildman–Crippen LogP) is 4.75. The molecule has 0 aliphatic heterocycles. The fraction of sp³-hybridized carbons (Fsp3) is 0.286. The van der Waals surface area contributed by atoms with E-state index in [1.165, 1.54) is 11.8 Å². The van der Waals surface area contributed by atoms with Crippen molar-refractivity contribution < 1.29 is 14.3 Å². The minimum atomic E-state index is -0.384. The molecule has 9 heteroatoms. The Balaban J connectivity index is 1.73. The third-order valence-corrected chi connectivity index (χ3v) is 5.77. The van der Waals surface area contributed by atoms with E-state index < -0.39 is 0 Å². The van der Waals surface area contributed by atoms with Crippen LogP contribution in [0.25, 0.3) is 11.4 Å². The fourth-order valence-corrected chi connectivity index (χ4v) is 3.88. The van der Waals surface area contributed by atoms with Crippen molar-refractivity contribution in [2.24, 2.45) is 0 Å². The van der Waals surface area contributed by atoms with Crippen LogP contribution in [0, 0.1) is 0 Å². The molecule has 1 amide bonds. The van der Waals surface area contributed by atoms with Gasteiger partial charge >= 0.3 is 0 Å². The maximum Gasteiger partial charge on any atom is 0.237 e. The molecule has 0 aliphatic rings. The van der Waals surface area contributed by atoms with Crippen LogP contribution in [0.2, 0.25) is 5.02 Å². The lowest BCUT2D eigenvalue weighted by Crippen LogP contribution is -2.23. The molecule has 1 N–H and O–H groups in total. The number of rotatable bonds is 8. The van der Waals surface area contributed by atoms with Gasteiger partial charge in [0, 0.05) is 28.9 Å². The molecular weight excluding hydrogens is 424 g/mol. The van der Waals surface area contributed by atoms with Crippen LogP contribution in [0.1, 0.15) is 13.8 Å². The fourth-order valence-electron chi connectivity index (χ4n) is 2.84. The van der Waals surface area contributed by atoms with E-state index in [1.54, 1.807) is 32.4 Å². The first kappa shape index (κ1) is 22.0. The molecule has 1 aromatic heterocycles. The van der Waals surface area contributed by atoms with Gasteiger partial charge in [-0.15, -0.1) is 10.2 Å². The Bertz CT molecular complexity index is 1020. The van der Waals surface area contributed by atoms with E-state index in [-0.39, 0.29) is 11.2 Å². The number of ether oxygens (including phenoxy) is 2. The number of nitrogens with one attached hydrogen (secondary N) is 1. The maximum atomic E-state index is 12.7. The van der Waals surface area contributed by atoms with Crippen LogP contribution >= 0.6 is 23.4 Å². The summed E-state index contributed by atoms with van der Waals surface area (Å²) in [5.74, 6) is 1.74. The summed E-state index contributed by atoms with van der Waals surface area (Å²) in [6.45, 7) is 4.52. The quantitative estimate of drug-likeness (QED) is 0.503. The predicted molar refractivity (Wildman–Crippen MR) is 120 cm³/mol. The Labute approximate surface area is 184 Å². The summed E-state index contributed by atoms with van der Waals surface area (Å²) in [6.07, 6.45) is 0. The molecule has 0 saturated heterocycles. The number of methoxy groups -OCH3 is 2. The summed E-state index contributed by atoms with van der Waals surface area (Å²) in [5, 5.41) is 12.5. The van der Waals surface area contributed by atoms with Gasteiger partial charge < -0.3 is 19.4 Å². The van der Waals surface area contributed by atoms with Gasteiger partial charge in [0.1, 0.15) is 0 Å². The zero-order valence-electron chi connectivity index (χ0n) is 17.2. The molecule has 3 rings (SSSR count). The van der Waals surface area contributed by atoms with Crippen molar-refractivity contribution in [3.8, 4) is 22.9 Å². The first-order valence-corrected chi connectivity index (χ1v) is 10.6. The highest BCUT2D eigenvalue weighted by Gasteiger charge is 2.21. The highest BCUT2D eigenvalue weighted by Crippen LogP contribution is 2.31. The second kappa shape index (κ2) is 9.86. The number of hydrogen-bond donors (Lipinski definition) is 1. The van der Waals surface area contributed by atoms with Crippen LogP contribution < -0.4 is 14.8 Å². The van der Waals surface area contributed by atoms with Gasteiger partial charge in [0.25, 0.3) is 0 Å². The molecule has 0 spiro atoms. The molecular formula is C21H23ClN4O3S. The Hall–Kier alpha value is -2.71. The van der Waals surface area contributed by atoms with Gasteiger partial charge in [0.05, 0.1) is 19.5 Å². The molecule has 30 heavy (non-hydrogen) atoms. The zero-order valence-corrected chi connectivity index (χ0v) is 18.8. The lowest BCUT2D eigenvalue weighted by molar-refractivity contribution is -0.115. The van der Waals surface area contributed by atoms with E-state index in [0.717, 1.165) is 11.4 Å². The van der Waals surface area contributed by atoms with E-state index in [9.17, 15) is 4.79 Å². The summed E-state index contributed by atoms with van der Waals surface area (Å²) in [6, 6.07) is 12.7. The Kier molecular flexibility index (Phi) is 7.23. The van der Waals surface area contributed by atoms with Crippen LogP contribution in [0.4, 0.5) is 5.69 Å². The molecule has 3 aromatic rings. The van der Waals surface area contributed by atoms with Gasteiger partial charge in [-0.25, -0.2) is 0 Å². The number of halogens is 1.